The number of benzene rings is 2. The van der Waals surface area contributed by atoms with Gasteiger partial charge in [-0.3, -0.25) is 0 Å². The van der Waals surface area contributed by atoms with E-state index < -0.39 is 5.97 Å². The van der Waals surface area contributed by atoms with E-state index in [0.717, 1.165) is 16.7 Å². The van der Waals surface area contributed by atoms with Gasteiger partial charge in [0.05, 0.1) is 11.9 Å². The summed E-state index contributed by atoms with van der Waals surface area (Å²) >= 11 is 0. The third kappa shape index (κ3) is 4.53. The van der Waals surface area contributed by atoms with Gasteiger partial charge in [0.1, 0.15) is 5.82 Å². The first-order valence-electron chi connectivity index (χ1n) is 9.03. The highest BCUT2D eigenvalue weighted by Gasteiger charge is 2.17. The smallest absolute Gasteiger partial charge is 0.335 e. The SMILES string of the molecule is O=C(O)c1ccc(CN2C=Nc3oc(C#CCc4ccc(F)cc4)cc3C2)cc1. The van der Waals surface area contributed by atoms with Crippen LogP contribution in [-0.4, -0.2) is 22.3 Å². The summed E-state index contributed by atoms with van der Waals surface area (Å²) in [5.41, 5.74) is 3.14. The maximum absolute atomic E-state index is 12.9. The Morgan fingerprint density at radius 2 is 1.86 bits per heavy atom. The number of rotatable bonds is 4. The third-order valence-corrected chi connectivity index (χ3v) is 4.50. The molecule has 1 aromatic heterocycles. The molecule has 0 amide bonds. The first-order chi connectivity index (χ1) is 14.1. The maximum Gasteiger partial charge on any atom is 0.335 e. The Balaban J connectivity index is 1.39. The van der Waals surface area contributed by atoms with Gasteiger partial charge >= 0.3 is 5.97 Å². The van der Waals surface area contributed by atoms with Crippen LogP contribution in [0.25, 0.3) is 0 Å². The molecule has 0 unspecified atom stereocenters. The Morgan fingerprint density at radius 1 is 1.14 bits per heavy atom. The summed E-state index contributed by atoms with van der Waals surface area (Å²) in [7, 11) is 0. The summed E-state index contributed by atoms with van der Waals surface area (Å²) in [6.07, 6.45) is 2.22. The van der Waals surface area contributed by atoms with Crippen molar-refractivity contribution in [2.45, 2.75) is 19.5 Å². The van der Waals surface area contributed by atoms with Crippen LogP contribution in [0.5, 0.6) is 0 Å². The number of carboxylic acid groups (broad SMARTS) is 1. The van der Waals surface area contributed by atoms with Crippen molar-refractivity contribution in [1.29, 1.82) is 0 Å². The van der Waals surface area contributed by atoms with Crippen molar-refractivity contribution < 1.29 is 18.7 Å². The third-order valence-electron chi connectivity index (χ3n) is 4.50. The fraction of sp³-hybridized carbons (Fsp3) is 0.130. The lowest BCUT2D eigenvalue weighted by Gasteiger charge is -2.21. The van der Waals surface area contributed by atoms with Crippen LogP contribution >= 0.6 is 0 Å². The fourth-order valence-electron chi connectivity index (χ4n) is 3.02. The number of nitrogens with zero attached hydrogens (tertiary/aromatic N) is 2. The molecule has 0 saturated heterocycles. The molecule has 3 aromatic rings. The summed E-state index contributed by atoms with van der Waals surface area (Å²) in [5.74, 6) is 5.91. The quantitative estimate of drug-likeness (QED) is 0.674. The Labute approximate surface area is 167 Å². The number of hydrogen-bond donors (Lipinski definition) is 1. The van der Waals surface area contributed by atoms with Crippen molar-refractivity contribution >= 4 is 18.2 Å². The maximum atomic E-state index is 12.9. The summed E-state index contributed by atoms with van der Waals surface area (Å²) in [4.78, 5) is 17.3. The minimum Gasteiger partial charge on any atom is -0.478 e. The van der Waals surface area contributed by atoms with Crippen molar-refractivity contribution in [3.8, 4) is 11.8 Å². The molecule has 29 heavy (non-hydrogen) atoms. The van der Waals surface area contributed by atoms with Gasteiger partial charge in [-0.1, -0.05) is 30.2 Å². The van der Waals surface area contributed by atoms with Gasteiger partial charge in [0.25, 0.3) is 0 Å². The van der Waals surface area contributed by atoms with Gasteiger partial charge in [0.2, 0.25) is 5.88 Å². The second-order valence-corrected chi connectivity index (χ2v) is 6.70. The molecule has 4 rings (SSSR count). The lowest BCUT2D eigenvalue weighted by Crippen LogP contribution is -2.22. The van der Waals surface area contributed by atoms with Crippen LogP contribution in [-0.2, 0) is 19.5 Å². The zero-order valence-electron chi connectivity index (χ0n) is 15.4. The minimum absolute atomic E-state index is 0.263. The van der Waals surface area contributed by atoms with E-state index in [9.17, 15) is 9.18 Å². The number of carbonyl (C=O) groups is 1. The molecule has 0 bridgehead atoms. The Morgan fingerprint density at radius 3 is 2.59 bits per heavy atom. The summed E-state index contributed by atoms with van der Waals surface area (Å²) in [5, 5.41) is 8.98. The molecule has 144 valence electrons. The molecular formula is C23H17FN2O3. The molecule has 1 aliphatic rings. The van der Waals surface area contributed by atoms with Crippen molar-refractivity contribution in [2.75, 3.05) is 0 Å². The van der Waals surface area contributed by atoms with E-state index in [1.165, 1.54) is 12.1 Å². The molecule has 2 aromatic carbocycles. The first-order valence-corrected chi connectivity index (χ1v) is 9.03. The lowest BCUT2D eigenvalue weighted by molar-refractivity contribution is 0.0697. The van der Waals surface area contributed by atoms with Gasteiger partial charge in [-0.05, 0) is 41.3 Å². The lowest BCUT2D eigenvalue weighted by atomic mass is 10.1. The number of fused-ring (bicyclic) bond motifs is 1. The monoisotopic (exact) mass is 388 g/mol. The van der Waals surface area contributed by atoms with Crippen LogP contribution in [0, 0.1) is 17.7 Å². The average molecular weight is 388 g/mol. The fourth-order valence-corrected chi connectivity index (χ4v) is 3.02. The highest BCUT2D eigenvalue weighted by atomic mass is 19.1. The van der Waals surface area contributed by atoms with Crippen molar-refractivity contribution in [3.05, 3.63) is 88.4 Å². The predicted molar refractivity (Wildman–Crippen MR) is 106 cm³/mol. The van der Waals surface area contributed by atoms with Gasteiger partial charge < -0.3 is 14.4 Å². The van der Waals surface area contributed by atoms with Crippen LogP contribution in [0.3, 0.4) is 0 Å². The van der Waals surface area contributed by atoms with Gasteiger partial charge in [-0.25, -0.2) is 14.2 Å². The second kappa shape index (κ2) is 8.03. The molecule has 0 radical (unpaired) electrons. The van der Waals surface area contributed by atoms with Crippen LogP contribution in [0.15, 0.2) is 64.0 Å². The highest BCUT2D eigenvalue weighted by Crippen LogP contribution is 2.28. The number of hydrogen-bond acceptors (Lipinski definition) is 4. The predicted octanol–water partition coefficient (Wildman–Crippen LogP) is 4.39. The Bertz CT molecular complexity index is 1120. The molecule has 0 atom stereocenters. The van der Waals surface area contributed by atoms with E-state index in [4.69, 9.17) is 9.52 Å². The van der Waals surface area contributed by atoms with Crippen LogP contribution in [0.2, 0.25) is 0 Å². The van der Waals surface area contributed by atoms with E-state index in [1.54, 1.807) is 42.7 Å². The van der Waals surface area contributed by atoms with Gasteiger partial charge in [-0.2, -0.15) is 0 Å². The number of halogens is 1. The number of furan rings is 1. The molecule has 5 nitrogen and oxygen atoms in total. The van der Waals surface area contributed by atoms with Crippen LogP contribution in [0.4, 0.5) is 10.3 Å². The van der Waals surface area contributed by atoms with Crippen molar-refractivity contribution in [1.82, 2.24) is 4.90 Å². The van der Waals surface area contributed by atoms with Crippen LogP contribution in [0.1, 0.15) is 32.8 Å². The molecule has 0 saturated carbocycles. The Kier molecular flexibility index (Phi) is 5.12. The number of carboxylic acids is 1. The van der Waals surface area contributed by atoms with Gasteiger partial charge in [0, 0.05) is 31.1 Å². The second-order valence-electron chi connectivity index (χ2n) is 6.70. The first kappa shape index (κ1) is 18.5. The molecule has 0 aliphatic carbocycles. The van der Waals surface area contributed by atoms with Crippen molar-refractivity contribution in [3.63, 3.8) is 0 Å². The van der Waals surface area contributed by atoms with Gasteiger partial charge in [-0.15, -0.1) is 0 Å². The van der Waals surface area contributed by atoms with Crippen LogP contribution < -0.4 is 0 Å². The molecule has 0 spiro atoms. The topological polar surface area (TPSA) is 66.0 Å². The standard InChI is InChI=1S/C23H17FN2O3/c24-20-10-6-16(7-11-20)2-1-3-21-12-19-14-26(15-25-22(19)29-21)13-17-4-8-18(9-5-17)23(27)28/h4-12,15H,2,13-14H2,(H,27,28). The van der Waals surface area contributed by atoms with E-state index >= 15 is 0 Å². The van der Waals surface area contributed by atoms with E-state index in [1.807, 2.05) is 11.0 Å². The molecule has 2 heterocycles. The summed E-state index contributed by atoms with van der Waals surface area (Å²) in [6.45, 7) is 1.24. The van der Waals surface area contributed by atoms with E-state index in [2.05, 4.69) is 16.8 Å². The van der Waals surface area contributed by atoms with Crippen molar-refractivity contribution in [2.24, 2.45) is 4.99 Å². The number of aromatic carboxylic acids is 1. The number of aliphatic imine (C=N–C) groups is 1. The summed E-state index contributed by atoms with van der Waals surface area (Å²) < 4.78 is 18.6. The molecular weight excluding hydrogens is 371 g/mol. The normalized spacial score (nSPS) is 12.2. The Hall–Kier alpha value is -3.85. The largest absolute Gasteiger partial charge is 0.478 e. The van der Waals surface area contributed by atoms with E-state index in [-0.39, 0.29) is 11.4 Å². The molecule has 1 N–H and O–H groups in total. The minimum atomic E-state index is -0.938. The zero-order valence-corrected chi connectivity index (χ0v) is 15.4. The highest BCUT2D eigenvalue weighted by molar-refractivity contribution is 5.87. The van der Waals surface area contributed by atoms with Gasteiger partial charge in [0.15, 0.2) is 5.76 Å². The summed E-state index contributed by atoms with van der Waals surface area (Å²) in [6, 6.07) is 14.9. The molecule has 6 heteroatoms. The zero-order chi connectivity index (χ0) is 20.2. The molecule has 1 aliphatic heterocycles. The average Bonchev–Trinajstić information content (AvgIpc) is 3.12. The van der Waals surface area contributed by atoms with E-state index in [0.29, 0.717) is 31.2 Å². The molecule has 0 fully saturated rings.